The number of amides is 1. The minimum atomic E-state index is -0.399. The zero-order valence-corrected chi connectivity index (χ0v) is 16.3. The molecule has 29 heavy (non-hydrogen) atoms. The number of ether oxygens (including phenoxy) is 2. The number of benzene rings is 3. The minimum absolute atomic E-state index is 0.0965. The molecule has 3 aromatic carbocycles. The number of nitrogens with zero attached hydrogens (tertiary/aromatic N) is 1. The number of nitrogens with one attached hydrogen (secondary N) is 1. The molecule has 0 unspecified atom stereocenters. The van der Waals surface area contributed by atoms with Crippen LogP contribution in [0.3, 0.4) is 0 Å². The third-order valence-corrected chi connectivity index (χ3v) is 4.29. The molecule has 3 rings (SSSR count). The Kier molecular flexibility index (Phi) is 7.05. The summed E-state index contributed by atoms with van der Waals surface area (Å²) in [6.07, 6.45) is 3.52. The highest BCUT2D eigenvalue weighted by atomic mass is 16.5. The second kappa shape index (κ2) is 10.1. The fraction of sp³-hybridized carbons (Fsp3) is 0.217. The Morgan fingerprint density at radius 3 is 2.52 bits per heavy atom. The first-order chi connectivity index (χ1) is 14.2. The number of aromatic hydroxyl groups is 1. The SMILES string of the molecule is CCCCOc1ccc(OCC(=O)NN=Cc2c(O)ccc3ccccc23)cc1. The summed E-state index contributed by atoms with van der Waals surface area (Å²) in [6, 6.07) is 18.2. The summed E-state index contributed by atoms with van der Waals surface area (Å²) in [6.45, 7) is 2.62. The van der Waals surface area contributed by atoms with Gasteiger partial charge in [-0.05, 0) is 47.5 Å². The van der Waals surface area contributed by atoms with Gasteiger partial charge in [0.1, 0.15) is 17.2 Å². The molecule has 0 radical (unpaired) electrons. The molecule has 0 aliphatic carbocycles. The lowest BCUT2D eigenvalue weighted by Gasteiger charge is -2.08. The first-order valence-corrected chi connectivity index (χ1v) is 9.55. The Hall–Kier alpha value is -3.54. The van der Waals surface area contributed by atoms with Crippen LogP contribution in [0.1, 0.15) is 25.3 Å². The summed E-state index contributed by atoms with van der Waals surface area (Å²) in [5.41, 5.74) is 2.95. The van der Waals surface area contributed by atoms with Gasteiger partial charge in [-0.1, -0.05) is 43.7 Å². The minimum Gasteiger partial charge on any atom is -0.507 e. The van der Waals surface area contributed by atoms with Crippen molar-refractivity contribution in [2.75, 3.05) is 13.2 Å². The van der Waals surface area contributed by atoms with E-state index in [0.717, 1.165) is 29.4 Å². The van der Waals surface area contributed by atoms with Gasteiger partial charge in [-0.15, -0.1) is 0 Å². The third-order valence-electron chi connectivity index (χ3n) is 4.29. The third kappa shape index (κ3) is 5.72. The van der Waals surface area contributed by atoms with Gasteiger partial charge in [0.25, 0.3) is 5.91 Å². The van der Waals surface area contributed by atoms with Gasteiger partial charge in [0.15, 0.2) is 6.61 Å². The lowest BCUT2D eigenvalue weighted by molar-refractivity contribution is -0.123. The Bertz CT molecular complexity index is 984. The quantitative estimate of drug-likeness (QED) is 0.324. The number of unbranched alkanes of at least 4 members (excludes halogenated alkanes) is 1. The number of rotatable bonds is 9. The number of carbonyl (C=O) groups is 1. The van der Waals surface area contributed by atoms with E-state index in [1.54, 1.807) is 18.2 Å². The normalized spacial score (nSPS) is 10.9. The molecule has 0 aliphatic heterocycles. The number of fused-ring (bicyclic) bond motifs is 1. The van der Waals surface area contributed by atoms with E-state index in [2.05, 4.69) is 17.5 Å². The molecule has 0 bridgehead atoms. The smallest absolute Gasteiger partial charge is 0.277 e. The van der Waals surface area contributed by atoms with Crippen LogP contribution in [0.5, 0.6) is 17.2 Å². The molecule has 150 valence electrons. The number of carbonyl (C=O) groups excluding carboxylic acids is 1. The average Bonchev–Trinajstić information content (AvgIpc) is 2.75. The van der Waals surface area contributed by atoms with Crippen LogP contribution in [-0.4, -0.2) is 30.4 Å². The Labute approximate surface area is 169 Å². The second-order valence-electron chi connectivity index (χ2n) is 6.47. The van der Waals surface area contributed by atoms with Gasteiger partial charge in [-0.2, -0.15) is 5.10 Å². The summed E-state index contributed by atoms with van der Waals surface area (Å²) in [4.78, 5) is 12.0. The fourth-order valence-electron chi connectivity index (χ4n) is 2.74. The molecule has 0 heterocycles. The highest BCUT2D eigenvalue weighted by Gasteiger charge is 2.05. The lowest BCUT2D eigenvalue weighted by Crippen LogP contribution is -2.24. The molecule has 0 fully saturated rings. The van der Waals surface area contributed by atoms with Gasteiger partial charge in [-0.25, -0.2) is 5.43 Å². The van der Waals surface area contributed by atoms with Crippen molar-refractivity contribution >= 4 is 22.9 Å². The Morgan fingerprint density at radius 2 is 1.76 bits per heavy atom. The maximum Gasteiger partial charge on any atom is 0.277 e. The van der Waals surface area contributed by atoms with Gasteiger partial charge >= 0.3 is 0 Å². The standard InChI is InChI=1S/C23H24N2O4/c1-2-3-14-28-18-9-11-19(12-10-18)29-16-23(27)25-24-15-21-20-7-5-4-6-17(20)8-13-22(21)26/h4-13,15,26H,2-3,14,16H2,1H3,(H,25,27). The monoisotopic (exact) mass is 392 g/mol. The van der Waals surface area contributed by atoms with Crippen molar-refractivity contribution in [1.82, 2.24) is 5.43 Å². The van der Waals surface area contributed by atoms with Crippen molar-refractivity contribution in [3.05, 3.63) is 66.2 Å². The number of hydrazone groups is 1. The maximum absolute atomic E-state index is 12.0. The summed E-state index contributed by atoms with van der Waals surface area (Å²) in [5, 5.41) is 15.8. The number of phenols is 1. The fourth-order valence-corrected chi connectivity index (χ4v) is 2.74. The largest absolute Gasteiger partial charge is 0.507 e. The molecular formula is C23H24N2O4. The van der Waals surface area contributed by atoms with Crippen LogP contribution in [0.2, 0.25) is 0 Å². The highest BCUT2D eigenvalue weighted by Crippen LogP contribution is 2.25. The van der Waals surface area contributed by atoms with Gasteiger partial charge in [0, 0.05) is 5.56 Å². The van der Waals surface area contributed by atoms with Crippen LogP contribution in [0.4, 0.5) is 0 Å². The van der Waals surface area contributed by atoms with Gasteiger partial charge in [-0.3, -0.25) is 4.79 Å². The van der Waals surface area contributed by atoms with Crippen LogP contribution in [0.25, 0.3) is 10.8 Å². The summed E-state index contributed by atoms with van der Waals surface area (Å²) in [7, 11) is 0. The van der Waals surface area contributed by atoms with Crippen LogP contribution in [-0.2, 0) is 4.79 Å². The van der Waals surface area contributed by atoms with Crippen LogP contribution in [0, 0.1) is 0 Å². The number of phenolic OH excluding ortho intramolecular Hbond substituents is 1. The van der Waals surface area contributed by atoms with Crippen molar-refractivity contribution in [3.8, 4) is 17.2 Å². The molecule has 0 aromatic heterocycles. The van der Waals surface area contributed by atoms with Crippen molar-refractivity contribution in [1.29, 1.82) is 0 Å². The van der Waals surface area contributed by atoms with E-state index in [9.17, 15) is 9.90 Å². The lowest BCUT2D eigenvalue weighted by atomic mass is 10.0. The maximum atomic E-state index is 12.0. The molecular weight excluding hydrogens is 368 g/mol. The van der Waals surface area contributed by atoms with E-state index in [1.807, 2.05) is 42.5 Å². The summed E-state index contributed by atoms with van der Waals surface area (Å²) < 4.78 is 11.0. The molecule has 0 spiro atoms. The number of hydrogen-bond acceptors (Lipinski definition) is 5. The summed E-state index contributed by atoms with van der Waals surface area (Å²) >= 11 is 0. The predicted molar refractivity (Wildman–Crippen MR) is 114 cm³/mol. The van der Waals surface area contributed by atoms with Crippen molar-refractivity contribution in [2.24, 2.45) is 5.10 Å². The van der Waals surface area contributed by atoms with Crippen LogP contribution >= 0.6 is 0 Å². The highest BCUT2D eigenvalue weighted by molar-refractivity contribution is 6.02. The first kappa shape index (κ1) is 20.2. The topological polar surface area (TPSA) is 80.2 Å². The molecule has 0 atom stereocenters. The molecule has 6 nitrogen and oxygen atoms in total. The molecule has 0 aliphatic rings. The zero-order chi connectivity index (χ0) is 20.5. The van der Waals surface area contributed by atoms with E-state index >= 15 is 0 Å². The first-order valence-electron chi connectivity index (χ1n) is 9.55. The molecule has 1 amide bonds. The van der Waals surface area contributed by atoms with E-state index in [1.165, 1.54) is 6.21 Å². The second-order valence-corrected chi connectivity index (χ2v) is 6.47. The average molecular weight is 392 g/mol. The van der Waals surface area contributed by atoms with Crippen molar-refractivity contribution < 1.29 is 19.4 Å². The van der Waals surface area contributed by atoms with E-state index in [4.69, 9.17) is 9.47 Å². The van der Waals surface area contributed by atoms with E-state index in [0.29, 0.717) is 17.9 Å². The van der Waals surface area contributed by atoms with Crippen LogP contribution in [0.15, 0.2) is 65.8 Å². The van der Waals surface area contributed by atoms with Gasteiger partial charge < -0.3 is 14.6 Å². The van der Waals surface area contributed by atoms with E-state index < -0.39 is 5.91 Å². The van der Waals surface area contributed by atoms with Crippen LogP contribution < -0.4 is 14.9 Å². The van der Waals surface area contributed by atoms with Crippen molar-refractivity contribution in [3.63, 3.8) is 0 Å². The van der Waals surface area contributed by atoms with Gasteiger partial charge in [0.05, 0.1) is 12.8 Å². The Morgan fingerprint density at radius 1 is 1.03 bits per heavy atom. The molecule has 0 saturated heterocycles. The molecule has 3 aromatic rings. The molecule has 2 N–H and O–H groups in total. The van der Waals surface area contributed by atoms with Gasteiger partial charge in [0.2, 0.25) is 0 Å². The summed E-state index contributed by atoms with van der Waals surface area (Å²) in [5.74, 6) is 1.04. The predicted octanol–water partition coefficient (Wildman–Crippen LogP) is 4.25. The molecule has 6 heteroatoms. The zero-order valence-electron chi connectivity index (χ0n) is 16.3. The molecule has 0 saturated carbocycles. The Balaban J connectivity index is 1.51. The number of hydrogen-bond donors (Lipinski definition) is 2. The van der Waals surface area contributed by atoms with E-state index in [-0.39, 0.29) is 12.4 Å². The van der Waals surface area contributed by atoms with Crippen molar-refractivity contribution in [2.45, 2.75) is 19.8 Å².